The molecular formula is C16H15ClFN3O4. The first kappa shape index (κ1) is 18.6. The smallest absolute Gasteiger partial charge is 0.319 e. The van der Waals surface area contributed by atoms with E-state index in [1.54, 1.807) is 6.92 Å². The van der Waals surface area contributed by atoms with Gasteiger partial charge >= 0.3 is 6.03 Å². The number of nitrogens with zero attached hydrogens (tertiary/aromatic N) is 1. The number of non-ortho nitro benzene ring substituents is 1. The van der Waals surface area contributed by atoms with E-state index in [4.69, 9.17) is 11.6 Å². The van der Waals surface area contributed by atoms with E-state index >= 15 is 0 Å². The molecule has 2 atom stereocenters. The van der Waals surface area contributed by atoms with Crippen LogP contribution in [0.1, 0.15) is 18.6 Å². The second-order valence-corrected chi connectivity index (χ2v) is 5.71. The Morgan fingerprint density at radius 1 is 1.28 bits per heavy atom. The average molecular weight is 368 g/mol. The second kappa shape index (κ2) is 7.91. The lowest BCUT2D eigenvalue weighted by Crippen LogP contribution is -2.39. The fourth-order valence-electron chi connectivity index (χ4n) is 2.11. The van der Waals surface area contributed by atoms with Crippen LogP contribution in [0, 0.1) is 15.9 Å². The van der Waals surface area contributed by atoms with Crippen molar-refractivity contribution in [3.05, 3.63) is 69.0 Å². The molecule has 0 aromatic heterocycles. The van der Waals surface area contributed by atoms with Gasteiger partial charge in [-0.05, 0) is 30.7 Å². The molecule has 0 aliphatic rings. The highest BCUT2D eigenvalue weighted by Crippen LogP contribution is 2.26. The number of carbonyl (C=O) groups excluding carboxylic acids is 1. The van der Waals surface area contributed by atoms with Crippen LogP contribution in [0.5, 0.6) is 0 Å². The van der Waals surface area contributed by atoms with Gasteiger partial charge < -0.3 is 15.7 Å². The summed E-state index contributed by atoms with van der Waals surface area (Å²) < 4.78 is 12.9. The minimum atomic E-state index is -1.04. The van der Waals surface area contributed by atoms with Crippen molar-refractivity contribution in [3.8, 4) is 0 Å². The van der Waals surface area contributed by atoms with Crippen molar-refractivity contribution < 1.29 is 19.2 Å². The van der Waals surface area contributed by atoms with Crippen LogP contribution in [-0.2, 0) is 0 Å². The van der Waals surface area contributed by atoms with E-state index in [0.29, 0.717) is 5.56 Å². The van der Waals surface area contributed by atoms with Crippen LogP contribution >= 0.6 is 11.6 Å². The van der Waals surface area contributed by atoms with E-state index in [0.717, 1.165) is 6.07 Å². The molecule has 0 spiro atoms. The number of rotatable bonds is 5. The molecule has 2 rings (SSSR count). The van der Waals surface area contributed by atoms with Crippen LogP contribution in [0.4, 0.5) is 20.6 Å². The molecule has 0 radical (unpaired) electrons. The zero-order chi connectivity index (χ0) is 18.6. The third-order valence-electron chi connectivity index (χ3n) is 3.46. The van der Waals surface area contributed by atoms with Crippen molar-refractivity contribution in [2.45, 2.75) is 19.1 Å². The third kappa shape index (κ3) is 4.88. The van der Waals surface area contributed by atoms with Crippen LogP contribution in [0.15, 0.2) is 42.5 Å². The number of nitrogens with one attached hydrogen (secondary N) is 2. The number of benzene rings is 2. The number of aliphatic hydroxyl groups is 1. The van der Waals surface area contributed by atoms with Crippen molar-refractivity contribution in [1.29, 1.82) is 0 Å². The highest BCUT2D eigenvalue weighted by molar-refractivity contribution is 6.33. The van der Waals surface area contributed by atoms with Crippen LogP contribution in [-0.4, -0.2) is 22.1 Å². The normalized spacial score (nSPS) is 13.0. The highest BCUT2D eigenvalue weighted by atomic mass is 35.5. The highest BCUT2D eigenvalue weighted by Gasteiger charge is 2.19. The number of hydrogen-bond donors (Lipinski definition) is 3. The first-order chi connectivity index (χ1) is 11.8. The summed E-state index contributed by atoms with van der Waals surface area (Å²) in [6.45, 7) is 1.57. The van der Waals surface area contributed by atoms with Gasteiger partial charge in [0.2, 0.25) is 0 Å². The van der Waals surface area contributed by atoms with Gasteiger partial charge in [0, 0.05) is 12.1 Å². The van der Waals surface area contributed by atoms with Gasteiger partial charge in [-0.1, -0.05) is 23.7 Å². The lowest BCUT2D eigenvalue weighted by molar-refractivity contribution is -0.384. The molecule has 0 aliphatic heterocycles. The molecule has 2 aromatic rings. The lowest BCUT2D eigenvalue weighted by Gasteiger charge is -2.21. The number of carbonyl (C=O) groups is 1. The molecule has 2 unspecified atom stereocenters. The van der Waals surface area contributed by atoms with E-state index in [1.165, 1.54) is 36.4 Å². The summed E-state index contributed by atoms with van der Waals surface area (Å²) in [6.07, 6.45) is -1.04. The van der Waals surface area contributed by atoms with Gasteiger partial charge in [-0.2, -0.15) is 0 Å². The number of anilines is 1. The van der Waals surface area contributed by atoms with Crippen molar-refractivity contribution in [2.24, 2.45) is 0 Å². The number of amides is 2. The van der Waals surface area contributed by atoms with Gasteiger partial charge in [0.1, 0.15) is 5.82 Å². The van der Waals surface area contributed by atoms with Crippen molar-refractivity contribution in [2.75, 3.05) is 5.32 Å². The first-order valence-corrected chi connectivity index (χ1v) is 7.60. The van der Waals surface area contributed by atoms with Gasteiger partial charge in [0.25, 0.3) is 5.69 Å². The van der Waals surface area contributed by atoms with E-state index in [-0.39, 0.29) is 16.4 Å². The Kier molecular flexibility index (Phi) is 5.89. The van der Waals surface area contributed by atoms with Crippen LogP contribution in [0.25, 0.3) is 0 Å². The maximum Gasteiger partial charge on any atom is 0.319 e. The molecule has 25 heavy (non-hydrogen) atoms. The molecule has 2 amide bonds. The van der Waals surface area contributed by atoms with Gasteiger partial charge in [-0.25, -0.2) is 9.18 Å². The van der Waals surface area contributed by atoms with Gasteiger partial charge in [-0.15, -0.1) is 0 Å². The SMILES string of the molecule is CC(NC(=O)Nc1ccc([N+](=O)[O-])cc1Cl)C(O)c1ccc(F)cc1. The third-order valence-corrected chi connectivity index (χ3v) is 3.77. The van der Waals surface area contributed by atoms with Crippen molar-refractivity contribution in [1.82, 2.24) is 5.32 Å². The largest absolute Gasteiger partial charge is 0.386 e. The molecular weight excluding hydrogens is 353 g/mol. The fourth-order valence-corrected chi connectivity index (χ4v) is 2.33. The Morgan fingerprint density at radius 3 is 2.48 bits per heavy atom. The lowest BCUT2D eigenvalue weighted by atomic mass is 10.0. The minimum Gasteiger partial charge on any atom is -0.386 e. The summed E-state index contributed by atoms with van der Waals surface area (Å²) in [6, 6.07) is 7.57. The van der Waals surface area contributed by atoms with Crippen LogP contribution in [0.3, 0.4) is 0 Å². The number of halogens is 2. The summed E-state index contributed by atoms with van der Waals surface area (Å²) in [7, 11) is 0. The molecule has 0 fully saturated rings. The van der Waals surface area contributed by atoms with Gasteiger partial charge in [0.05, 0.1) is 27.8 Å². The first-order valence-electron chi connectivity index (χ1n) is 7.23. The molecule has 0 aliphatic carbocycles. The van der Waals surface area contributed by atoms with Crippen LogP contribution in [0.2, 0.25) is 5.02 Å². The summed E-state index contributed by atoms with van der Waals surface area (Å²) in [5, 5.41) is 25.8. The summed E-state index contributed by atoms with van der Waals surface area (Å²) in [4.78, 5) is 22.1. The number of hydrogen-bond acceptors (Lipinski definition) is 4. The molecule has 2 aromatic carbocycles. The van der Waals surface area contributed by atoms with E-state index < -0.39 is 28.9 Å². The maximum absolute atomic E-state index is 12.9. The number of aliphatic hydroxyl groups excluding tert-OH is 1. The monoisotopic (exact) mass is 367 g/mol. The predicted octanol–water partition coefficient (Wildman–Crippen LogP) is 3.63. The molecule has 132 valence electrons. The molecule has 0 heterocycles. The van der Waals surface area contributed by atoms with E-state index in [2.05, 4.69) is 10.6 Å². The zero-order valence-electron chi connectivity index (χ0n) is 13.1. The van der Waals surface area contributed by atoms with E-state index in [1.807, 2.05) is 0 Å². The molecule has 0 saturated carbocycles. The molecule has 9 heteroatoms. The van der Waals surface area contributed by atoms with E-state index in [9.17, 15) is 24.4 Å². The standard InChI is InChI=1S/C16H15ClFN3O4/c1-9(15(22)10-2-4-11(18)5-3-10)19-16(23)20-14-7-6-12(21(24)25)8-13(14)17/h2-9,15,22H,1H3,(H2,19,20,23). The fraction of sp³-hybridized carbons (Fsp3) is 0.188. The zero-order valence-corrected chi connectivity index (χ0v) is 13.8. The summed E-state index contributed by atoms with van der Waals surface area (Å²) >= 11 is 5.90. The average Bonchev–Trinajstić information content (AvgIpc) is 2.56. The number of urea groups is 1. The number of nitro groups is 1. The summed E-state index contributed by atoms with van der Waals surface area (Å²) in [5.41, 5.74) is 0.437. The van der Waals surface area contributed by atoms with Crippen molar-refractivity contribution in [3.63, 3.8) is 0 Å². The van der Waals surface area contributed by atoms with Gasteiger partial charge in [-0.3, -0.25) is 10.1 Å². The molecule has 0 bridgehead atoms. The Bertz CT molecular complexity index is 785. The molecule has 3 N–H and O–H groups in total. The summed E-state index contributed by atoms with van der Waals surface area (Å²) in [5.74, 6) is -0.429. The topological polar surface area (TPSA) is 104 Å². The quantitative estimate of drug-likeness (QED) is 0.554. The van der Waals surface area contributed by atoms with Gasteiger partial charge in [0.15, 0.2) is 0 Å². The molecule has 0 saturated heterocycles. The Labute approximate surface area is 147 Å². The number of nitro benzene ring substituents is 1. The predicted molar refractivity (Wildman–Crippen MR) is 91.1 cm³/mol. The second-order valence-electron chi connectivity index (χ2n) is 5.30. The molecule has 7 nitrogen and oxygen atoms in total. The Balaban J connectivity index is 1.99. The maximum atomic E-state index is 12.9. The Morgan fingerprint density at radius 2 is 1.92 bits per heavy atom. The van der Waals surface area contributed by atoms with Crippen molar-refractivity contribution >= 4 is 29.0 Å². The van der Waals surface area contributed by atoms with Crippen LogP contribution < -0.4 is 10.6 Å². The Hall–Kier alpha value is -2.71. The minimum absolute atomic E-state index is 0.0103.